The summed E-state index contributed by atoms with van der Waals surface area (Å²) in [5.41, 5.74) is 0.359. The number of fused-ring (bicyclic) bond motifs is 1. The molecule has 2 aromatic rings. The fourth-order valence-electron chi connectivity index (χ4n) is 2.13. The summed E-state index contributed by atoms with van der Waals surface area (Å²) in [5.74, 6) is 0.653. The highest BCUT2D eigenvalue weighted by molar-refractivity contribution is 5.69. The molecule has 6 nitrogen and oxygen atoms in total. The van der Waals surface area contributed by atoms with E-state index in [0.29, 0.717) is 30.1 Å². The van der Waals surface area contributed by atoms with Crippen molar-refractivity contribution in [2.75, 3.05) is 0 Å². The van der Waals surface area contributed by atoms with Crippen LogP contribution in [0.5, 0.6) is 0 Å². The van der Waals surface area contributed by atoms with Gasteiger partial charge in [0.2, 0.25) is 0 Å². The van der Waals surface area contributed by atoms with Crippen LogP contribution in [-0.4, -0.2) is 19.1 Å². The zero-order valence-electron chi connectivity index (χ0n) is 11.0. The number of aryl methyl sites for hydroxylation is 2. The summed E-state index contributed by atoms with van der Waals surface area (Å²) >= 11 is 0. The molecule has 0 atom stereocenters. The lowest BCUT2D eigenvalue weighted by atomic mass is 10.4. The molecule has 6 heteroatoms. The van der Waals surface area contributed by atoms with Gasteiger partial charge in [-0.05, 0) is 19.8 Å². The number of imidazole rings is 1. The number of nitrogens with zero attached hydrogens (tertiary/aromatic N) is 3. The molecular weight excluding hydrogens is 232 g/mol. The summed E-state index contributed by atoms with van der Waals surface area (Å²) in [5, 5.41) is 0. The molecule has 0 spiro atoms. The molecule has 18 heavy (non-hydrogen) atoms. The van der Waals surface area contributed by atoms with Crippen molar-refractivity contribution in [3.05, 3.63) is 26.7 Å². The molecule has 1 N–H and O–H groups in total. The van der Waals surface area contributed by atoms with E-state index >= 15 is 0 Å². The van der Waals surface area contributed by atoms with Crippen molar-refractivity contribution in [3.63, 3.8) is 0 Å². The van der Waals surface area contributed by atoms with E-state index in [0.717, 1.165) is 12.8 Å². The highest BCUT2D eigenvalue weighted by Gasteiger charge is 2.15. The summed E-state index contributed by atoms with van der Waals surface area (Å²) in [6.45, 7) is 6.73. The number of hydrogen-bond donors (Lipinski definition) is 1. The Bertz CT molecular complexity index is 678. The second-order valence-electron chi connectivity index (χ2n) is 4.41. The molecule has 0 aliphatic carbocycles. The number of nitrogens with one attached hydrogen (secondary N) is 1. The number of hydrogen-bond acceptors (Lipinski definition) is 3. The van der Waals surface area contributed by atoms with Crippen molar-refractivity contribution in [1.29, 1.82) is 0 Å². The molecule has 0 saturated heterocycles. The van der Waals surface area contributed by atoms with Crippen LogP contribution in [0, 0.1) is 6.92 Å². The standard InChI is InChI=1S/C12H18N4O2/c1-4-6-15-10-9(13-8(3)14-10)11(17)16(7-5-2)12(15)18/h4-7H2,1-3H3,(H,13,14). The van der Waals surface area contributed by atoms with Crippen LogP contribution in [0.4, 0.5) is 0 Å². The lowest BCUT2D eigenvalue weighted by molar-refractivity contribution is 0.555. The van der Waals surface area contributed by atoms with E-state index in [1.807, 2.05) is 13.8 Å². The summed E-state index contributed by atoms with van der Waals surface area (Å²) < 4.78 is 2.87. The van der Waals surface area contributed by atoms with E-state index in [2.05, 4.69) is 9.97 Å². The lowest BCUT2D eigenvalue weighted by Crippen LogP contribution is -2.40. The number of rotatable bonds is 4. The van der Waals surface area contributed by atoms with Crippen molar-refractivity contribution in [2.45, 2.75) is 46.7 Å². The van der Waals surface area contributed by atoms with Crippen molar-refractivity contribution >= 4 is 11.2 Å². The smallest absolute Gasteiger partial charge is 0.332 e. The molecule has 98 valence electrons. The molecule has 0 unspecified atom stereocenters. The van der Waals surface area contributed by atoms with E-state index in [-0.39, 0.29) is 11.2 Å². The molecular formula is C12H18N4O2. The van der Waals surface area contributed by atoms with Crippen LogP contribution in [0.1, 0.15) is 32.5 Å². The zero-order valence-corrected chi connectivity index (χ0v) is 11.0. The third-order valence-corrected chi connectivity index (χ3v) is 2.87. The van der Waals surface area contributed by atoms with Gasteiger partial charge in [0.05, 0.1) is 0 Å². The van der Waals surface area contributed by atoms with Crippen molar-refractivity contribution < 1.29 is 0 Å². The first-order valence-electron chi connectivity index (χ1n) is 6.30. The van der Waals surface area contributed by atoms with E-state index < -0.39 is 0 Å². The molecule has 2 rings (SSSR count). The predicted octanol–water partition coefficient (Wildman–Crippen LogP) is 1.01. The van der Waals surface area contributed by atoms with Gasteiger partial charge in [-0.1, -0.05) is 13.8 Å². The lowest BCUT2D eigenvalue weighted by Gasteiger charge is -2.09. The minimum absolute atomic E-state index is 0.261. The van der Waals surface area contributed by atoms with Gasteiger partial charge in [0.1, 0.15) is 11.3 Å². The Morgan fingerprint density at radius 3 is 2.33 bits per heavy atom. The third-order valence-electron chi connectivity index (χ3n) is 2.87. The first-order chi connectivity index (χ1) is 8.60. The number of aromatic nitrogens is 4. The van der Waals surface area contributed by atoms with Crippen LogP contribution in [0.2, 0.25) is 0 Å². The van der Waals surface area contributed by atoms with Crippen LogP contribution in [0.25, 0.3) is 11.2 Å². The molecule has 0 bridgehead atoms. The predicted molar refractivity (Wildman–Crippen MR) is 69.9 cm³/mol. The van der Waals surface area contributed by atoms with Crippen molar-refractivity contribution in [3.8, 4) is 0 Å². The second-order valence-corrected chi connectivity index (χ2v) is 4.41. The van der Waals surface area contributed by atoms with Crippen LogP contribution >= 0.6 is 0 Å². The minimum Gasteiger partial charge on any atom is -0.336 e. The molecule has 0 aliphatic heterocycles. The summed E-state index contributed by atoms with van der Waals surface area (Å²) in [6.07, 6.45) is 1.57. The van der Waals surface area contributed by atoms with Gasteiger partial charge in [0.25, 0.3) is 5.56 Å². The number of H-pyrrole nitrogens is 1. The van der Waals surface area contributed by atoms with Gasteiger partial charge in [-0.3, -0.25) is 13.9 Å². The maximum atomic E-state index is 12.3. The maximum Gasteiger partial charge on any atom is 0.332 e. The Hall–Kier alpha value is -1.85. The van der Waals surface area contributed by atoms with Gasteiger partial charge in [0, 0.05) is 13.1 Å². The Balaban J connectivity index is 2.86. The van der Waals surface area contributed by atoms with E-state index in [9.17, 15) is 9.59 Å². The molecule has 0 saturated carbocycles. The van der Waals surface area contributed by atoms with Crippen LogP contribution in [-0.2, 0) is 13.1 Å². The van der Waals surface area contributed by atoms with Crippen LogP contribution in [0.3, 0.4) is 0 Å². The Kier molecular flexibility index (Phi) is 3.36. The summed E-state index contributed by atoms with van der Waals surface area (Å²) in [6, 6.07) is 0. The SMILES string of the molecule is CCCn1c(=O)c2[nH]c(C)nc2n(CCC)c1=O. The first kappa shape index (κ1) is 12.6. The third kappa shape index (κ3) is 1.87. The highest BCUT2D eigenvalue weighted by Crippen LogP contribution is 2.05. The maximum absolute atomic E-state index is 12.3. The minimum atomic E-state index is -0.273. The Labute approximate surface area is 104 Å². The van der Waals surface area contributed by atoms with Gasteiger partial charge in [-0.2, -0.15) is 0 Å². The normalized spacial score (nSPS) is 11.3. The molecule has 2 aromatic heterocycles. The molecule has 0 amide bonds. The summed E-state index contributed by atoms with van der Waals surface area (Å²) in [7, 11) is 0. The average Bonchev–Trinajstić information content (AvgIpc) is 2.72. The van der Waals surface area contributed by atoms with Gasteiger partial charge in [-0.25, -0.2) is 9.78 Å². The monoisotopic (exact) mass is 250 g/mol. The van der Waals surface area contributed by atoms with E-state index in [1.165, 1.54) is 4.57 Å². The molecule has 2 heterocycles. The van der Waals surface area contributed by atoms with Gasteiger partial charge in [-0.15, -0.1) is 0 Å². The molecule has 0 aliphatic rings. The highest BCUT2D eigenvalue weighted by atomic mass is 16.2. The molecule has 0 aromatic carbocycles. The topological polar surface area (TPSA) is 72.7 Å². The van der Waals surface area contributed by atoms with Crippen molar-refractivity contribution in [2.24, 2.45) is 0 Å². The van der Waals surface area contributed by atoms with Crippen molar-refractivity contribution in [1.82, 2.24) is 19.1 Å². The Morgan fingerprint density at radius 1 is 1.11 bits per heavy atom. The largest absolute Gasteiger partial charge is 0.336 e. The van der Waals surface area contributed by atoms with Gasteiger partial charge < -0.3 is 4.98 Å². The zero-order chi connectivity index (χ0) is 13.3. The van der Waals surface area contributed by atoms with E-state index in [4.69, 9.17) is 0 Å². The second kappa shape index (κ2) is 4.80. The fraction of sp³-hybridized carbons (Fsp3) is 0.583. The van der Waals surface area contributed by atoms with E-state index in [1.54, 1.807) is 11.5 Å². The molecule has 0 fully saturated rings. The summed E-state index contributed by atoms with van der Waals surface area (Å²) in [4.78, 5) is 31.6. The quantitative estimate of drug-likeness (QED) is 0.880. The molecule has 0 radical (unpaired) electrons. The fourth-order valence-corrected chi connectivity index (χ4v) is 2.13. The van der Waals surface area contributed by atoms with Gasteiger partial charge >= 0.3 is 5.69 Å². The Morgan fingerprint density at radius 2 is 1.72 bits per heavy atom. The van der Waals surface area contributed by atoms with Crippen LogP contribution in [0.15, 0.2) is 9.59 Å². The van der Waals surface area contributed by atoms with Crippen LogP contribution < -0.4 is 11.2 Å². The first-order valence-corrected chi connectivity index (χ1v) is 6.30. The average molecular weight is 250 g/mol. The number of aromatic amines is 1. The van der Waals surface area contributed by atoms with Gasteiger partial charge in [0.15, 0.2) is 5.65 Å².